The van der Waals surface area contributed by atoms with Crippen LogP contribution in [-0.2, 0) is 29.4 Å². The zero-order valence-corrected chi connectivity index (χ0v) is 19.8. The minimum absolute atomic E-state index is 0.433. The van der Waals surface area contributed by atoms with Gasteiger partial charge < -0.3 is 4.98 Å². The number of hydrogen-bond acceptors (Lipinski definition) is 3. The molecule has 2 heterocycles. The third kappa shape index (κ3) is 4.60. The van der Waals surface area contributed by atoms with Crippen molar-refractivity contribution in [1.82, 2.24) is 14.3 Å². The van der Waals surface area contributed by atoms with E-state index in [0.29, 0.717) is 18.1 Å². The number of nitrogens with zero attached hydrogens (tertiary/aromatic N) is 2. The maximum absolute atomic E-state index is 12.0. The van der Waals surface area contributed by atoms with Crippen LogP contribution in [0.5, 0.6) is 0 Å². The quantitative estimate of drug-likeness (QED) is 0.424. The summed E-state index contributed by atoms with van der Waals surface area (Å²) < 4.78 is 25.5. The van der Waals surface area contributed by atoms with Gasteiger partial charge in [0.1, 0.15) is 5.82 Å². The van der Waals surface area contributed by atoms with Gasteiger partial charge in [-0.3, -0.25) is 0 Å². The van der Waals surface area contributed by atoms with Crippen molar-refractivity contribution in [3.63, 3.8) is 0 Å². The molecule has 168 valence electrons. The van der Waals surface area contributed by atoms with Crippen molar-refractivity contribution >= 4 is 21.6 Å². The lowest BCUT2D eigenvalue weighted by Gasteiger charge is -2.28. The van der Waals surface area contributed by atoms with Gasteiger partial charge in [-0.25, -0.2) is 13.4 Å². The molecule has 5 rings (SSSR count). The molecule has 0 saturated carbocycles. The first kappa shape index (κ1) is 21.9. The first-order valence-electron chi connectivity index (χ1n) is 10.8. The van der Waals surface area contributed by atoms with E-state index in [1.54, 1.807) is 4.31 Å². The van der Waals surface area contributed by atoms with Gasteiger partial charge in [0.2, 0.25) is 10.0 Å². The first-order valence-corrected chi connectivity index (χ1v) is 13.0. The molecule has 4 aromatic rings. The Morgan fingerprint density at radius 2 is 1.88 bits per heavy atom. The average Bonchev–Trinajstić information content (AvgIpc) is 3.30. The molecule has 1 aliphatic rings. The number of aromatic nitrogens is 2. The summed E-state index contributed by atoms with van der Waals surface area (Å²) in [4.78, 5) is 7.96. The minimum Gasteiger partial charge on any atom is -0.338 e. The van der Waals surface area contributed by atoms with Gasteiger partial charge in [-0.15, -0.1) is 0 Å². The summed E-state index contributed by atoms with van der Waals surface area (Å²) in [6, 6.07) is 22.3. The number of fused-ring (bicyclic) bond motifs is 1. The lowest BCUT2D eigenvalue weighted by Crippen LogP contribution is -2.35. The number of hydrogen-bond donors (Lipinski definition) is 1. The van der Waals surface area contributed by atoms with Crippen LogP contribution < -0.4 is 0 Å². The molecule has 5 nitrogen and oxygen atoms in total. The van der Waals surface area contributed by atoms with Crippen LogP contribution in [0.25, 0.3) is 22.6 Å². The molecule has 3 aromatic carbocycles. The summed E-state index contributed by atoms with van der Waals surface area (Å²) in [5.41, 5.74) is 7.56. The van der Waals surface area contributed by atoms with Crippen molar-refractivity contribution in [2.45, 2.75) is 19.4 Å². The molecule has 0 saturated heterocycles. The normalized spacial score (nSPS) is 14.2. The molecule has 0 unspecified atom stereocenters. The van der Waals surface area contributed by atoms with E-state index in [9.17, 15) is 8.42 Å². The summed E-state index contributed by atoms with van der Waals surface area (Å²) in [6.45, 7) is 0.950. The molecule has 1 N–H and O–H groups in total. The van der Waals surface area contributed by atoms with E-state index in [4.69, 9.17) is 11.6 Å². The van der Waals surface area contributed by atoms with Gasteiger partial charge in [-0.05, 0) is 52.8 Å². The van der Waals surface area contributed by atoms with Crippen molar-refractivity contribution in [1.29, 1.82) is 0 Å². The van der Waals surface area contributed by atoms with Crippen LogP contribution in [-0.4, -0.2) is 35.5 Å². The van der Waals surface area contributed by atoms with Gasteiger partial charge in [0.15, 0.2) is 0 Å². The highest BCUT2D eigenvalue weighted by Crippen LogP contribution is 2.31. The molecule has 0 radical (unpaired) electrons. The lowest BCUT2D eigenvalue weighted by atomic mass is 9.91. The smallest absolute Gasteiger partial charge is 0.211 e. The van der Waals surface area contributed by atoms with Crippen molar-refractivity contribution in [3.05, 3.63) is 100 Å². The number of sulfonamides is 1. The molecule has 1 aromatic heterocycles. The second-order valence-corrected chi connectivity index (χ2v) is 10.8. The fourth-order valence-electron chi connectivity index (χ4n) is 4.42. The number of H-pyrrole nitrogens is 1. The van der Waals surface area contributed by atoms with Crippen LogP contribution in [0.1, 0.15) is 22.3 Å². The van der Waals surface area contributed by atoms with Crippen LogP contribution in [0.2, 0.25) is 5.02 Å². The summed E-state index contributed by atoms with van der Waals surface area (Å²) in [5, 5.41) is 0.645. The summed E-state index contributed by atoms with van der Waals surface area (Å²) in [7, 11) is -3.19. The van der Waals surface area contributed by atoms with Crippen LogP contribution in [0.4, 0.5) is 0 Å². The maximum atomic E-state index is 12.0. The Labute approximate surface area is 199 Å². The van der Waals surface area contributed by atoms with E-state index >= 15 is 0 Å². The standard InChI is InChI=1S/C26H24ClN3O2S/c1-33(31,32)30-13-12-22-20(8-5-9-21(22)17-30)14-18-10-11-24(27)23(15-18)26-28-16-25(29-26)19-6-3-2-4-7-19/h2-11,15-16H,12-14,17H2,1H3,(H,28,29). The van der Waals surface area contributed by atoms with Crippen LogP contribution in [0.3, 0.4) is 0 Å². The third-order valence-corrected chi connectivity index (χ3v) is 7.72. The van der Waals surface area contributed by atoms with E-state index < -0.39 is 10.0 Å². The van der Waals surface area contributed by atoms with Gasteiger partial charge >= 0.3 is 0 Å². The Kier molecular flexibility index (Phi) is 5.83. The van der Waals surface area contributed by atoms with Gasteiger partial charge in [0, 0.05) is 18.7 Å². The van der Waals surface area contributed by atoms with E-state index in [1.807, 2.05) is 60.8 Å². The summed E-state index contributed by atoms with van der Waals surface area (Å²) in [5.74, 6) is 0.736. The molecule has 0 atom stereocenters. The van der Waals surface area contributed by atoms with Gasteiger partial charge in [-0.2, -0.15) is 4.31 Å². The van der Waals surface area contributed by atoms with E-state index in [0.717, 1.165) is 46.6 Å². The van der Waals surface area contributed by atoms with Crippen molar-refractivity contribution < 1.29 is 8.42 Å². The molecule has 7 heteroatoms. The Morgan fingerprint density at radius 1 is 1.06 bits per heavy atom. The molecule has 33 heavy (non-hydrogen) atoms. The fourth-order valence-corrected chi connectivity index (χ4v) is 5.42. The second-order valence-electron chi connectivity index (χ2n) is 8.40. The topological polar surface area (TPSA) is 66.1 Å². The van der Waals surface area contributed by atoms with E-state index in [2.05, 4.69) is 22.1 Å². The number of imidazole rings is 1. The van der Waals surface area contributed by atoms with Crippen molar-refractivity contribution in [3.8, 4) is 22.6 Å². The molecule has 0 bridgehead atoms. The van der Waals surface area contributed by atoms with Gasteiger partial charge in [0.05, 0.1) is 23.2 Å². The number of rotatable bonds is 5. The third-order valence-electron chi connectivity index (χ3n) is 6.14. The predicted octanol–water partition coefficient (Wildman–Crippen LogP) is 5.31. The van der Waals surface area contributed by atoms with E-state index in [-0.39, 0.29) is 0 Å². The molecule has 0 amide bonds. The second kappa shape index (κ2) is 8.78. The molecule has 1 aliphatic heterocycles. The lowest BCUT2D eigenvalue weighted by molar-refractivity contribution is 0.394. The highest BCUT2D eigenvalue weighted by molar-refractivity contribution is 7.88. The highest BCUT2D eigenvalue weighted by atomic mass is 35.5. The van der Waals surface area contributed by atoms with E-state index in [1.165, 1.54) is 17.4 Å². The number of halogens is 1. The monoisotopic (exact) mass is 477 g/mol. The molecule has 0 fully saturated rings. The summed E-state index contributed by atoms with van der Waals surface area (Å²) >= 11 is 6.54. The minimum atomic E-state index is -3.19. The van der Waals surface area contributed by atoms with Crippen LogP contribution >= 0.6 is 11.6 Å². The predicted molar refractivity (Wildman–Crippen MR) is 133 cm³/mol. The zero-order valence-electron chi connectivity index (χ0n) is 18.3. The Balaban J connectivity index is 1.43. The first-order chi connectivity index (χ1) is 15.9. The fraction of sp³-hybridized carbons (Fsp3) is 0.192. The Bertz CT molecular complexity index is 1410. The van der Waals surface area contributed by atoms with Gasteiger partial charge in [-0.1, -0.05) is 66.2 Å². The number of aromatic amines is 1. The van der Waals surface area contributed by atoms with Gasteiger partial charge in [0.25, 0.3) is 0 Å². The summed E-state index contributed by atoms with van der Waals surface area (Å²) in [6.07, 6.45) is 4.57. The Morgan fingerprint density at radius 3 is 2.67 bits per heavy atom. The largest absolute Gasteiger partial charge is 0.338 e. The van der Waals surface area contributed by atoms with Crippen LogP contribution in [0, 0.1) is 0 Å². The maximum Gasteiger partial charge on any atom is 0.211 e. The Hall–Kier alpha value is -2.93. The highest BCUT2D eigenvalue weighted by Gasteiger charge is 2.24. The average molecular weight is 478 g/mol. The zero-order chi connectivity index (χ0) is 23.0. The van der Waals surface area contributed by atoms with Crippen LogP contribution in [0.15, 0.2) is 72.9 Å². The molecular weight excluding hydrogens is 454 g/mol. The number of benzene rings is 3. The van der Waals surface area contributed by atoms with Crippen molar-refractivity contribution in [2.75, 3.05) is 12.8 Å². The SMILES string of the molecule is CS(=O)(=O)N1CCc2c(Cc3ccc(Cl)c(-c4ncc(-c5ccccc5)[nH]4)c3)cccc2C1. The molecular formula is C26H24ClN3O2S. The number of nitrogens with one attached hydrogen (secondary N) is 1. The molecule has 0 aliphatic carbocycles. The van der Waals surface area contributed by atoms with Crippen molar-refractivity contribution in [2.24, 2.45) is 0 Å². The molecule has 0 spiro atoms.